The first kappa shape index (κ1) is 12.2. The summed E-state index contributed by atoms with van der Waals surface area (Å²) in [7, 11) is 0. The van der Waals surface area contributed by atoms with Crippen molar-refractivity contribution in [3.63, 3.8) is 0 Å². The lowest BCUT2D eigenvalue weighted by Crippen LogP contribution is -2.39. The van der Waals surface area contributed by atoms with Gasteiger partial charge in [-0.1, -0.05) is 6.08 Å². The number of allylic oxidation sites excluding steroid dienone is 1. The van der Waals surface area contributed by atoms with Crippen molar-refractivity contribution in [2.45, 2.75) is 26.3 Å². The monoisotopic (exact) mass is 234 g/mol. The maximum Gasteiger partial charge on any atom is 0.206 e. The fraction of sp³-hybridized carbons (Fsp3) is 0.615. The predicted octanol–water partition coefficient (Wildman–Crippen LogP) is 1.55. The molecule has 2 rings (SSSR count). The molecule has 1 atom stereocenters. The zero-order chi connectivity index (χ0) is 12.3. The van der Waals surface area contributed by atoms with E-state index in [1.165, 1.54) is 12.8 Å². The van der Waals surface area contributed by atoms with Crippen LogP contribution in [0, 0.1) is 12.8 Å². The van der Waals surface area contributed by atoms with Crippen LogP contribution in [0.15, 0.2) is 18.9 Å². The first-order valence-corrected chi connectivity index (χ1v) is 6.34. The zero-order valence-corrected chi connectivity index (χ0v) is 10.6. The first-order chi connectivity index (χ1) is 8.24. The summed E-state index contributed by atoms with van der Waals surface area (Å²) in [5.74, 6) is 1.68. The lowest BCUT2D eigenvalue weighted by molar-refractivity contribution is 0.417. The van der Waals surface area contributed by atoms with Gasteiger partial charge in [-0.3, -0.25) is 0 Å². The molecule has 0 amide bonds. The second kappa shape index (κ2) is 5.36. The van der Waals surface area contributed by atoms with Gasteiger partial charge in [-0.2, -0.15) is 0 Å². The molecule has 1 fully saturated rings. The number of nitrogens with two attached hydrogens (primary N) is 1. The Balaban J connectivity index is 2.17. The van der Waals surface area contributed by atoms with Gasteiger partial charge in [0.15, 0.2) is 0 Å². The average molecular weight is 234 g/mol. The number of imidazole rings is 1. The number of hydrogen-bond acceptors (Lipinski definition) is 3. The van der Waals surface area contributed by atoms with Crippen LogP contribution in [-0.2, 0) is 6.54 Å². The summed E-state index contributed by atoms with van der Waals surface area (Å²) in [5.41, 5.74) is 6.84. The van der Waals surface area contributed by atoms with Gasteiger partial charge >= 0.3 is 0 Å². The highest BCUT2D eigenvalue weighted by Crippen LogP contribution is 2.22. The van der Waals surface area contributed by atoms with Crippen molar-refractivity contribution >= 4 is 5.95 Å². The smallest absolute Gasteiger partial charge is 0.206 e. The molecule has 0 aromatic carbocycles. The molecule has 1 unspecified atom stereocenters. The molecule has 0 spiro atoms. The standard InChI is InChI=1S/C13H22N4/c1-3-6-16-9-11(2)15-13(16)17-7-4-5-12(8-14)10-17/h3,9,12H,1,4-8,10,14H2,2H3. The van der Waals surface area contributed by atoms with Gasteiger partial charge in [0, 0.05) is 25.8 Å². The van der Waals surface area contributed by atoms with Crippen molar-refractivity contribution in [2.75, 3.05) is 24.5 Å². The molecule has 1 saturated heterocycles. The maximum absolute atomic E-state index is 5.78. The van der Waals surface area contributed by atoms with Crippen LogP contribution < -0.4 is 10.6 Å². The molecule has 0 bridgehead atoms. The topological polar surface area (TPSA) is 47.1 Å². The van der Waals surface area contributed by atoms with E-state index in [4.69, 9.17) is 5.73 Å². The quantitative estimate of drug-likeness (QED) is 0.804. The Morgan fingerprint density at radius 2 is 2.47 bits per heavy atom. The van der Waals surface area contributed by atoms with Gasteiger partial charge in [0.2, 0.25) is 5.95 Å². The normalized spacial score (nSPS) is 20.6. The van der Waals surface area contributed by atoms with E-state index in [-0.39, 0.29) is 0 Å². The van der Waals surface area contributed by atoms with Gasteiger partial charge in [-0.05, 0) is 32.2 Å². The summed E-state index contributed by atoms with van der Waals surface area (Å²) in [5, 5.41) is 0. The molecule has 2 heterocycles. The number of aryl methyl sites for hydroxylation is 1. The molecule has 0 radical (unpaired) electrons. The van der Waals surface area contributed by atoms with Crippen molar-refractivity contribution in [1.82, 2.24) is 9.55 Å². The van der Waals surface area contributed by atoms with Crippen LogP contribution in [0.1, 0.15) is 18.5 Å². The van der Waals surface area contributed by atoms with Gasteiger partial charge in [0.1, 0.15) is 0 Å². The Morgan fingerprint density at radius 3 is 3.18 bits per heavy atom. The number of rotatable bonds is 4. The van der Waals surface area contributed by atoms with E-state index in [0.29, 0.717) is 5.92 Å². The molecule has 1 aromatic heterocycles. The minimum atomic E-state index is 0.609. The van der Waals surface area contributed by atoms with E-state index < -0.39 is 0 Å². The van der Waals surface area contributed by atoms with E-state index in [0.717, 1.165) is 37.8 Å². The van der Waals surface area contributed by atoms with E-state index in [9.17, 15) is 0 Å². The van der Waals surface area contributed by atoms with Crippen LogP contribution >= 0.6 is 0 Å². The van der Waals surface area contributed by atoms with E-state index >= 15 is 0 Å². The van der Waals surface area contributed by atoms with Crippen LogP contribution in [0.3, 0.4) is 0 Å². The number of aromatic nitrogens is 2. The Hall–Kier alpha value is -1.29. The first-order valence-electron chi connectivity index (χ1n) is 6.34. The molecule has 94 valence electrons. The van der Waals surface area contributed by atoms with Crippen molar-refractivity contribution in [2.24, 2.45) is 11.7 Å². The molecular weight excluding hydrogens is 212 g/mol. The van der Waals surface area contributed by atoms with Crippen molar-refractivity contribution in [1.29, 1.82) is 0 Å². The summed E-state index contributed by atoms with van der Waals surface area (Å²) < 4.78 is 2.17. The highest BCUT2D eigenvalue weighted by Gasteiger charge is 2.22. The van der Waals surface area contributed by atoms with Gasteiger partial charge in [-0.15, -0.1) is 6.58 Å². The van der Waals surface area contributed by atoms with Gasteiger partial charge in [0.05, 0.1) is 5.69 Å². The van der Waals surface area contributed by atoms with Crippen LogP contribution in [-0.4, -0.2) is 29.2 Å². The Labute approximate surface area is 103 Å². The molecule has 4 nitrogen and oxygen atoms in total. The summed E-state index contributed by atoms with van der Waals surface area (Å²) in [6, 6.07) is 0. The van der Waals surface area contributed by atoms with Crippen molar-refractivity contribution in [3.8, 4) is 0 Å². The third-order valence-electron chi connectivity index (χ3n) is 3.34. The van der Waals surface area contributed by atoms with E-state index in [1.807, 2.05) is 13.0 Å². The molecule has 1 aromatic rings. The van der Waals surface area contributed by atoms with Crippen molar-refractivity contribution in [3.05, 3.63) is 24.5 Å². The molecule has 4 heteroatoms. The highest BCUT2D eigenvalue weighted by atomic mass is 15.3. The SMILES string of the molecule is C=CCn1cc(C)nc1N1CCCC(CN)C1. The Morgan fingerprint density at radius 1 is 1.65 bits per heavy atom. The largest absolute Gasteiger partial charge is 0.342 e. The summed E-state index contributed by atoms with van der Waals surface area (Å²) in [4.78, 5) is 6.98. The molecular formula is C13H22N4. The second-order valence-corrected chi connectivity index (χ2v) is 4.81. The van der Waals surface area contributed by atoms with Crippen molar-refractivity contribution < 1.29 is 0 Å². The van der Waals surface area contributed by atoms with Crippen LogP contribution in [0.5, 0.6) is 0 Å². The number of anilines is 1. The van der Waals surface area contributed by atoms with Gasteiger partial charge in [-0.25, -0.2) is 4.98 Å². The third-order valence-corrected chi connectivity index (χ3v) is 3.34. The fourth-order valence-corrected chi connectivity index (χ4v) is 2.50. The van der Waals surface area contributed by atoms with E-state index in [2.05, 4.69) is 27.2 Å². The maximum atomic E-state index is 5.78. The lowest BCUT2D eigenvalue weighted by Gasteiger charge is -2.33. The molecule has 2 N–H and O–H groups in total. The lowest BCUT2D eigenvalue weighted by atomic mass is 9.99. The fourth-order valence-electron chi connectivity index (χ4n) is 2.50. The Bertz CT molecular complexity index is 383. The average Bonchev–Trinajstić information content (AvgIpc) is 2.71. The predicted molar refractivity (Wildman–Crippen MR) is 71.2 cm³/mol. The van der Waals surface area contributed by atoms with E-state index in [1.54, 1.807) is 0 Å². The number of hydrogen-bond donors (Lipinski definition) is 1. The van der Waals surface area contributed by atoms with Crippen LogP contribution in [0.4, 0.5) is 5.95 Å². The molecule has 1 aliphatic rings. The van der Waals surface area contributed by atoms with Crippen LogP contribution in [0.2, 0.25) is 0 Å². The van der Waals surface area contributed by atoms with Gasteiger partial charge in [0.25, 0.3) is 0 Å². The summed E-state index contributed by atoms with van der Waals surface area (Å²) in [6.45, 7) is 9.54. The minimum absolute atomic E-state index is 0.609. The number of piperidine rings is 1. The molecule has 0 aliphatic carbocycles. The second-order valence-electron chi connectivity index (χ2n) is 4.81. The highest BCUT2D eigenvalue weighted by molar-refractivity contribution is 5.34. The Kier molecular flexibility index (Phi) is 3.84. The zero-order valence-electron chi connectivity index (χ0n) is 10.6. The molecule has 0 saturated carbocycles. The minimum Gasteiger partial charge on any atom is -0.342 e. The van der Waals surface area contributed by atoms with Gasteiger partial charge < -0.3 is 15.2 Å². The molecule has 1 aliphatic heterocycles. The summed E-state index contributed by atoms with van der Waals surface area (Å²) >= 11 is 0. The number of nitrogens with zero attached hydrogens (tertiary/aromatic N) is 3. The summed E-state index contributed by atoms with van der Waals surface area (Å²) in [6.07, 6.45) is 6.45. The third kappa shape index (κ3) is 2.69. The van der Waals surface area contributed by atoms with Crippen LogP contribution in [0.25, 0.3) is 0 Å². The molecule has 17 heavy (non-hydrogen) atoms.